The van der Waals surface area contributed by atoms with Gasteiger partial charge in [-0.1, -0.05) is 0 Å². The van der Waals surface area contributed by atoms with E-state index in [-0.39, 0.29) is 0 Å². The molecule has 0 bridgehead atoms. The third kappa shape index (κ3) is 2.10. The molecule has 0 amide bonds. The summed E-state index contributed by atoms with van der Waals surface area (Å²) in [6, 6.07) is 0. The quantitative estimate of drug-likeness (QED) is 0.724. The van der Waals surface area contributed by atoms with Crippen LogP contribution in [-0.4, -0.2) is 23.8 Å². The standard InChI is InChI=1S/C6H10INS2/c1-10(2,3)5-4-8-6(7)9-5/h4H,1-3H3. The van der Waals surface area contributed by atoms with Gasteiger partial charge in [0.25, 0.3) is 0 Å². The van der Waals surface area contributed by atoms with Crippen molar-refractivity contribution in [3.8, 4) is 0 Å². The van der Waals surface area contributed by atoms with E-state index in [1.54, 1.807) is 0 Å². The molecule has 1 rings (SSSR count). The molecule has 0 atom stereocenters. The van der Waals surface area contributed by atoms with Crippen LogP contribution in [0.4, 0.5) is 0 Å². The molecule has 0 aliphatic rings. The lowest BCUT2D eigenvalue weighted by Crippen LogP contribution is -1.87. The maximum Gasteiger partial charge on any atom is 0.154 e. The molecular weight excluding hydrogens is 277 g/mol. The zero-order valence-corrected chi connectivity index (χ0v) is 10.0. The Morgan fingerprint density at radius 1 is 1.50 bits per heavy atom. The molecule has 0 spiro atoms. The second-order valence-corrected chi connectivity index (χ2v) is 9.93. The van der Waals surface area contributed by atoms with Crippen molar-refractivity contribution in [1.82, 2.24) is 4.98 Å². The van der Waals surface area contributed by atoms with Crippen LogP contribution >= 0.6 is 44.0 Å². The fourth-order valence-corrected chi connectivity index (χ4v) is 3.80. The molecule has 0 saturated heterocycles. The number of rotatable bonds is 1. The van der Waals surface area contributed by atoms with Crippen molar-refractivity contribution < 1.29 is 0 Å². The van der Waals surface area contributed by atoms with Crippen LogP contribution in [0, 0.1) is 3.01 Å². The number of aromatic nitrogens is 1. The van der Waals surface area contributed by atoms with E-state index in [9.17, 15) is 0 Å². The van der Waals surface area contributed by atoms with Crippen molar-refractivity contribution in [2.24, 2.45) is 0 Å². The minimum absolute atomic E-state index is 0.531. The van der Waals surface area contributed by atoms with E-state index in [0.29, 0.717) is 0 Å². The van der Waals surface area contributed by atoms with Crippen LogP contribution in [0.5, 0.6) is 0 Å². The Bertz CT molecular complexity index is 226. The minimum Gasteiger partial charge on any atom is -0.237 e. The van der Waals surface area contributed by atoms with Crippen LogP contribution in [0.1, 0.15) is 0 Å². The molecule has 1 heterocycles. The summed E-state index contributed by atoms with van der Waals surface area (Å²) in [6.45, 7) is 0. The topological polar surface area (TPSA) is 12.9 Å². The fraction of sp³-hybridized carbons (Fsp3) is 0.500. The van der Waals surface area contributed by atoms with E-state index in [1.165, 1.54) is 4.21 Å². The predicted molar refractivity (Wildman–Crippen MR) is 58.5 cm³/mol. The highest BCUT2D eigenvalue weighted by Crippen LogP contribution is 2.47. The van der Waals surface area contributed by atoms with E-state index in [4.69, 9.17) is 0 Å². The number of halogens is 1. The average molecular weight is 287 g/mol. The Morgan fingerprint density at radius 2 is 2.10 bits per heavy atom. The number of thiazole rings is 1. The molecule has 0 aliphatic carbocycles. The molecular formula is C6H10INS2. The number of hydrogen-bond donors (Lipinski definition) is 0. The van der Waals surface area contributed by atoms with Gasteiger partial charge in [-0.2, -0.15) is 0 Å². The van der Waals surface area contributed by atoms with Gasteiger partial charge in [0.15, 0.2) is 3.01 Å². The number of hydrogen-bond acceptors (Lipinski definition) is 2. The third-order valence-electron chi connectivity index (χ3n) is 1.06. The van der Waals surface area contributed by atoms with Gasteiger partial charge in [-0.15, -0.1) is 11.3 Å². The first-order valence-corrected chi connectivity index (χ1v) is 7.55. The van der Waals surface area contributed by atoms with Gasteiger partial charge in [-0.3, -0.25) is 0 Å². The summed E-state index contributed by atoms with van der Waals surface area (Å²) in [5.41, 5.74) is 0. The molecule has 0 aliphatic heterocycles. The van der Waals surface area contributed by atoms with Crippen LogP contribution in [-0.2, 0) is 0 Å². The van der Waals surface area contributed by atoms with Crippen molar-refractivity contribution in [2.75, 3.05) is 18.8 Å². The first-order chi connectivity index (χ1) is 4.50. The second kappa shape index (κ2) is 2.98. The van der Waals surface area contributed by atoms with Gasteiger partial charge >= 0.3 is 0 Å². The van der Waals surface area contributed by atoms with Crippen LogP contribution < -0.4 is 0 Å². The molecule has 0 fully saturated rings. The highest BCUT2D eigenvalue weighted by molar-refractivity contribution is 14.1. The molecule has 0 saturated carbocycles. The van der Waals surface area contributed by atoms with Crippen molar-refractivity contribution in [2.45, 2.75) is 4.21 Å². The van der Waals surface area contributed by atoms with Crippen molar-refractivity contribution in [3.05, 3.63) is 9.21 Å². The van der Waals surface area contributed by atoms with Gasteiger partial charge in [-0.25, -0.2) is 15.0 Å². The summed E-state index contributed by atoms with van der Waals surface area (Å²) >= 11 is 4.07. The summed E-state index contributed by atoms with van der Waals surface area (Å²) in [5, 5.41) is 0. The molecule has 0 radical (unpaired) electrons. The van der Waals surface area contributed by atoms with Crippen LogP contribution in [0.2, 0.25) is 0 Å². The highest BCUT2D eigenvalue weighted by atomic mass is 127. The molecule has 0 N–H and O–H groups in total. The third-order valence-corrected chi connectivity index (χ3v) is 5.64. The lowest BCUT2D eigenvalue weighted by atomic mass is 11.0. The molecule has 0 unspecified atom stereocenters. The van der Waals surface area contributed by atoms with Gasteiger partial charge in [0.1, 0.15) is 0 Å². The maximum absolute atomic E-state index is 4.21. The Kier molecular flexibility index (Phi) is 2.63. The second-order valence-electron chi connectivity index (χ2n) is 2.77. The van der Waals surface area contributed by atoms with Crippen molar-refractivity contribution in [3.63, 3.8) is 0 Å². The Hall–Kier alpha value is 0.710. The van der Waals surface area contributed by atoms with Crippen molar-refractivity contribution >= 4 is 44.0 Å². The van der Waals surface area contributed by atoms with Gasteiger partial charge in [0.2, 0.25) is 0 Å². The summed E-state index contributed by atoms with van der Waals surface area (Å²) < 4.78 is 2.59. The SMILES string of the molecule is CS(C)(C)c1cnc(I)s1. The molecule has 58 valence electrons. The smallest absolute Gasteiger partial charge is 0.154 e. The van der Waals surface area contributed by atoms with Crippen LogP contribution in [0.25, 0.3) is 0 Å². The lowest BCUT2D eigenvalue weighted by Gasteiger charge is -2.21. The molecule has 1 aromatic rings. The Labute approximate surface area is 80.7 Å². The van der Waals surface area contributed by atoms with E-state index >= 15 is 0 Å². The first-order valence-electron chi connectivity index (χ1n) is 2.80. The largest absolute Gasteiger partial charge is 0.237 e. The first kappa shape index (κ1) is 8.80. The fourth-order valence-electron chi connectivity index (χ4n) is 0.522. The molecule has 1 aromatic heterocycles. The Balaban J connectivity index is 2.96. The molecule has 4 heteroatoms. The van der Waals surface area contributed by atoms with Crippen LogP contribution in [0.3, 0.4) is 0 Å². The summed E-state index contributed by atoms with van der Waals surface area (Å²) in [7, 11) is -0.531. The van der Waals surface area contributed by atoms with Crippen LogP contribution in [0.15, 0.2) is 10.4 Å². The van der Waals surface area contributed by atoms with Gasteiger partial charge in [0, 0.05) is 0 Å². The zero-order valence-electron chi connectivity index (χ0n) is 6.22. The average Bonchev–Trinajstić information content (AvgIpc) is 2.11. The monoisotopic (exact) mass is 287 g/mol. The van der Waals surface area contributed by atoms with E-state index < -0.39 is 10.0 Å². The maximum atomic E-state index is 4.21. The molecule has 1 nitrogen and oxygen atoms in total. The molecule has 10 heavy (non-hydrogen) atoms. The van der Waals surface area contributed by atoms with Gasteiger partial charge in [-0.05, 0) is 41.4 Å². The highest BCUT2D eigenvalue weighted by Gasteiger charge is 2.10. The number of nitrogens with zero attached hydrogens (tertiary/aromatic N) is 1. The van der Waals surface area contributed by atoms with Gasteiger partial charge in [0.05, 0.1) is 10.4 Å². The summed E-state index contributed by atoms with van der Waals surface area (Å²) in [4.78, 5) is 4.21. The van der Waals surface area contributed by atoms with E-state index in [0.717, 1.165) is 3.01 Å². The summed E-state index contributed by atoms with van der Waals surface area (Å²) in [5.74, 6) is 0. The van der Waals surface area contributed by atoms with E-state index in [1.807, 2.05) is 17.5 Å². The zero-order chi connectivity index (χ0) is 7.78. The predicted octanol–water partition coefficient (Wildman–Crippen LogP) is 2.80. The molecule has 0 aromatic carbocycles. The minimum atomic E-state index is -0.531. The van der Waals surface area contributed by atoms with Gasteiger partial charge < -0.3 is 0 Å². The summed E-state index contributed by atoms with van der Waals surface area (Å²) in [6.07, 6.45) is 8.87. The van der Waals surface area contributed by atoms with Crippen molar-refractivity contribution in [1.29, 1.82) is 0 Å². The Morgan fingerprint density at radius 3 is 2.30 bits per heavy atom. The van der Waals surface area contributed by atoms with E-state index in [2.05, 4.69) is 46.3 Å². The normalized spacial score (nSPS) is 13.6. The lowest BCUT2D eigenvalue weighted by molar-refractivity contribution is 1.33.